The van der Waals surface area contributed by atoms with E-state index in [4.69, 9.17) is 10.2 Å². The lowest BCUT2D eigenvalue weighted by atomic mass is 10.2. The summed E-state index contributed by atoms with van der Waals surface area (Å²) in [5, 5.41) is 4.25. The van der Waals surface area contributed by atoms with Crippen molar-refractivity contribution in [3.05, 3.63) is 41.6 Å². The van der Waals surface area contributed by atoms with Crippen molar-refractivity contribution in [1.29, 1.82) is 0 Å². The third-order valence-corrected chi connectivity index (χ3v) is 3.25. The van der Waals surface area contributed by atoms with Gasteiger partial charge < -0.3 is 15.1 Å². The van der Waals surface area contributed by atoms with Gasteiger partial charge in [0.05, 0.1) is 24.3 Å². The molecular weight excluding hydrogens is 256 g/mol. The summed E-state index contributed by atoms with van der Waals surface area (Å²) in [6, 6.07) is 1.85. The van der Waals surface area contributed by atoms with Gasteiger partial charge in [-0.25, -0.2) is 0 Å². The maximum Gasteiger partial charge on any atom is 0.257 e. The minimum Gasteiger partial charge on any atom is -0.472 e. The number of nitrogens with zero attached hydrogens (tertiary/aromatic N) is 3. The molecule has 0 atom stereocenters. The third-order valence-electron chi connectivity index (χ3n) is 3.25. The number of furan rings is 1. The van der Waals surface area contributed by atoms with Crippen LogP contribution in [0, 0.1) is 6.92 Å². The van der Waals surface area contributed by atoms with E-state index < -0.39 is 0 Å². The van der Waals surface area contributed by atoms with Crippen LogP contribution in [-0.2, 0) is 13.1 Å². The summed E-state index contributed by atoms with van der Waals surface area (Å²) < 4.78 is 6.83. The molecule has 6 nitrogen and oxygen atoms in total. The van der Waals surface area contributed by atoms with Gasteiger partial charge in [-0.05, 0) is 26.0 Å². The van der Waals surface area contributed by atoms with Gasteiger partial charge >= 0.3 is 0 Å². The lowest BCUT2D eigenvalue weighted by molar-refractivity contribution is 0.0784. The van der Waals surface area contributed by atoms with E-state index in [1.807, 2.05) is 17.7 Å². The molecule has 2 aromatic rings. The minimum absolute atomic E-state index is 0.0392. The van der Waals surface area contributed by atoms with Gasteiger partial charge in [0, 0.05) is 31.4 Å². The van der Waals surface area contributed by atoms with Gasteiger partial charge in [-0.1, -0.05) is 0 Å². The van der Waals surface area contributed by atoms with E-state index in [0.29, 0.717) is 18.7 Å². The number of hydrogen-bond acceptors (Lipinski definition) is 4. The van der Waals surface area contributed by atoms with Crippen LogP contribution < -0.4 is 5.73 Å². The molecule has 2 N–H and O–H groups in total. The molecule has 0 saturated carbocycles. The Morgan fingerprint density at radius 3 is 3.00 bits per heavy atom. The molecule has 0 aliphatic heterocycles. The molecule has 108 valence electrons. The fourth-order valence-electron chi connectivity index (χ4n) is 2.06. The number of nitrogens with two attached hydrogens (primary N) is 1. The minimum atomic E-state index is -0.0392. The van der Waals surface area contributed by atoms with Crippen LogP contribution in [0.15, 0.2) is 29.2 Å². The molecule has 0 fully saturated rings. The Morgan fingerprint density at radius 2 is 2.35 bits per heavy atom. The molecule has 0 aromatic carbocycles. The Morgan fingerprint density at radius 1 is 1.55 bits per heavy atom. The summed E-state index contributed by atoms with van der Waals surface area (Å²) >= 11 is 0. The van der Waals surface area contributed by atoms with Gasteiger partial charge in [0.1, 0.15) is 0 Å². The summed E-state index contributed by atoms with van der Waals surface area (Å²) in [5.41, 5.74) is 7.97. The van der Waals surface area contributed by atoms with E-state index in [9.17, 15) is 4.79 Å². The zero-order valence-corrected chi connectivity index (χ0v) is 11.9. The lowest BCUT2D eigenvalue weighted by Gasteiger charge is -2.16. The Bertz CT molecular complexity index is 560. The number of amides is 1. The van der Waals surface area contributed by atoms with Crippen LogP contribution in [0.5, 0.6) is 0 Å². The number of hydrogen-bond donors (Lipinski definition) is 1. The second kappa shape index (κ2) is 6.38. The van der Waals surface area contributed by atoms with E-state index in [1.165, 1.54) is 0 Å². The van der Waals surface area contributed by atoms with Gasteiger partial charge in [0.25, 0.3) is 5.91 Å². The van der Waals surface area contributed by atoms with Gasteiger partial charge in [0.15, 0.2) is 0 Å². The maximum absolute atomic E-state index is 12.4. The van der Waals surface area contributed by atoms with Crippen molar-refractivity contribution in [1.82, 2.24) is 14.7 Å². The van der Waals surface area contributed by atoms with Crippen LogP contribution in [0.25, 0.3) is 0 Å². The number of aromatic nitrogens is 2. The highest BCUT2D eigenvalue weighted by atomic mass is 16.3. The van der Waals surface area contributed by atoms with E-state index >= 15 is 0 Å². The quantitative estimate of drug-likeness (QED) is 0.865. The van der Waals surface area contributed by atoms with Crippen molar-refractivity contribution in [2.24, 2.45) is 5.73 Å². The summed E-state index contributed by atoms with van der Waals surface area (Å²) in [6.07, 6.45) is 5.71. The highest BCUT2D eigenvalue weighted by Gasteiger charge is 2.18. The zero-order valence-electron chi connectivity index (χ0n) is 11.9. The molecular formula is C14H20N4O2. The van der Waals surface area contributed by atoms with E-state index in [0.717, 1.165) is 24.2 Å². The highest BCUT2D eigenvalue weighted by Crippen LogP contribution is 2.12. The molecule has 6 heteroatoms. The van der Waals surface area contributed by atoms with Crippen LogP contribution in [-0.4, -0.2) is 34.2 Å². The van der Waals surface area contributed by atoms with Crippen LogP contribution in [0.3, 0.4) is 0 Å². The smallest absolute Gasteiger partial charge is 0.257 e. The molecule has 2 aromatic heterocycles. The zero-order chi connectivity index (χ0) is 14.5. The molecule has 0 bridgehead atoms. The van der Waals surface area contributed by atoms with Gasteiger partial charge in [-0.2, -0.15) is 5.10 Å². The van der Waals surface area contributed by atoms with E-state index in [-0.39, 0.29) is 5.91 Å². The average Bonchev–Trinajstić information content (AvgIpc) is 3.06. The normalized spacial score (nSPS) is 10.8. The van der Waals surface area contributed by atoms with Crippen molar-refractivity contribution in [3.63, 3.8) is 0 Å². The number of rotatable bonds is 6. The SMILES string of the molecule is Cc1c(C(=O)N(C)Cc2ccoc2)cnn1CCCN. The molecule has 1 amide bonds. The third kappa shape index (κ3) is 3.08. The first-order chi connectivity index (χ1) is 9.63. The Hall–Kier alpha value is -2.08. The van der Waals surface area contributed by atoms with Crippen molar-refractivity contribution in [3.8, 4) is 0 Å². The molecule has 20 heavy (non-hydrogen) atoms. The summed E-state index contributed by atoms with van der Waals surface area (Å²) in [6.45, 7) is 3.77. The fourth-order valence-corrected chi connectivity index (χ4v) is 2.06. The standard InChI is InChI=1S/C14H20N4O2/c1-11-13(8-16-18(11)6-3-5-15)14(19)17(2)9-12-4-7-20-10-12/h4,7-8,10H,3,5-6,9,15H2,1-2H3. The monoisotopic (exact) mass is 276 g/mol. The topological polar surface area (TPSA) is 77.3 Å². The number of carbonyl (C=O) groups excluding carboxylic acids is 1. The average molecular weight is 276 g/mol. The van der Waals surface area contributed by atoms with Gasteiger partial charge in [-0.15, -0.1) is 0 Å². The molecule has 0 saturated heterocycles. The van der Waals surface area contributed by atoms with Crippen molar-refractivity contribution >= 4 is 5.91 Å². The van der Waals surface area contributed by atoms with Crippen LogP contribution >= 0.6 is 0 Å². The predicted octanol–water partition coefficient (Wildman–Crippen LogP) is 1.41. The Kier molecular flexibility index (Phi) is 4.57. The molecule has 0 radical (unpaired) electrons. The van der Waals surface area contributed by atoms with Crippen molar-refractivity contribution in [2.75, 3.05) is 13.6 Å². The maximum atomic E-state index is 12.4. The lowest BCUT2D eigenvalue weighted by Crippen LogP contribution is -2.26. The van der Waals surface area contributed by atoms with Gasteiger partial charge in [-0.3, -0.25) is 9.48 Å². The van der Waals surface area contributed by atoms with Crippen LogP contribution in [0.4, 0.5) is 0 Å². The molecule has 2 rings (SSSR count). The van der Waals surface area contributed by atoms with Crippen LogP contribution in [0.2, 0.25) is 0 Å². The summed E-state index contributed by atoms with van der Waals surface area (Å²) in [5.74, 6) is -0.0392. The molecule has 0 aliphatic carbocycles. The van der Waals surface area contributed by atoms with Gasteiger partial charge in [0.2, 0.25) is 0 Å². The highest BCUT2D eigenvalue weighted by molar-refractivity contribution is 5.94. The number of aryl methyl sites for hydroxylation is 1. The molecule has 0 unspecified atom stereocenters. The summed E-state index contributed by atoms with van der Waals surface area (Å²) in [7, 11) is 1.77. The van der Waals surface area contributed by atoms with Crippen molar-refractivity contribution < 1.29 is 9.21 Å². The second-order valence-corrected chi connectivity index (χ2v) is 4.80. The Balaban J connectivity index is 2.06. The molecule has 0 aliphatic rings. The predicted molar refractivity (Wildman–Crippen MR) is 75.1 cm³/mol. The fraction of sp³-hybridized carbons (Fsp3) is 0.429. The van der Waals surface area contributed by atoms with Crippen molar-refractivity contribution in [2.45, 2.75) is 26.4 Å². The number of carbonyl (C=O) groups is 1. The van der Waals surface area contributed by atoms with E-state index in [2.05, 4.69) is 5.10 Å². The second-order valence-electron chi connectivity index (χ2n) is 4.80. The Labute approximate surface area is 118 Å². The molecule has 0 spiro atoms. The largest absolute Gasteiger partial charge is 0.472 e. The van der Waals surface area contributed by atoms with E-state index in [1.54, 1.807) is 30.7 Å². The molecule has 2 heterocycles. The first kappa shape index (κ1) is 14.3. The summed E-state index contributed by atoms with van der Waals surface area (Å²) in [4.78, 5) is 14.1. The first-order valence-electron chi connectivity index (χ1n) is 6.62. The first-order valence-corrected chi connectivity index (χ1v) is 6.62. The van der Waals surface area contributed by atoms with Crippen LogP contribution in [0.1, 0.15) is 28.0 Å².